The SMILES string of the molecule is CCOP(=O)(OCC)O[C@H]1C=C[C@@H](O[Si](C(C)C)(C(C)C)C(C)C)C1. The number of rotatable bonds is 11. The van der Waals surface area contributed by atoms with Crippen LogP contribution in [0.4, 0.5) is 0 Å². The number of phosphoric acid groups is 1. The first-order valence-electron chi connectivity index (χ1n) is 9.54. The fourth-order valence-electron chi connectivity index (χ4n) is 4.05. The summed E-state index contributed by atoms with van der Waals surface area (Å²) in [5, 5.41) is 0. The van der Waals surface area contributed by atoms with E-state index in [9.17, 15) is 4.57 Å². The molecule has 0 spiro atoms. The molecular formula is C18H37O5PSi. The van der Waals surface area contributed by atoms with Crippen molar-refractivity contribution in [1.82, 2.24) is 0 Å². The van der Waals surface area contributed by atoms with Gasteiger partial charge in [-0.2, -0.15) is 0 Å². The molecule has 0 amide bonds. The van der Waals surface area contributed by atoms with Gasteiger partial charge in [0, 0.05) is 6.42 Å². The van der Waals surface area contributed by atoms with Crippen LogP contribution in [0.25, 0.3) is 0 Å². The standard InChI is InChI=1S/C18H37O5PSi/c1-9-20-24(19,21-10-2)22-17-11-12-18(13-17)23-25(14(3)4,15(5)6)16(7)8/h11-12,14-18H,9-10,13H2,1-8H3/t17-,18+/m0/s1. The first-order chi connectivity index (χ1) is 11.6. The average Bonchev–Trinajstić information content (AvgIpc) is 2.90. The molecule has 0 radical (unpaired) electrons. The molecule has 2 atom stereocenters. The maximum atomic E-state index is 12.6. The van der Waals surface area contributed by atoms with Crippen LogP contribution in [0.5, 0.6) is 0 Å². The lowest BCUT2D eigenvalue weighted by Crippen LogP contribution is -2.49. The summed E-state index contributed by atoms with van der Waals surface area (Å²) in [6.07, 6.45) is 4.33. The molecule has 0 aromatic rings. The lowest BCUT2D eigenvalue weighted by Gasteiger charge is -2.44. The first kappa shape index (κ1) is 23.1. The van der Waals surface area contributed by atoms with E-state index >= 15 is 0 Å². The highest BCUT2D eigenvalue weighted by Gasteiger charge is 2.47. The van der Waals surface area contributed by atoms with Gasteiger partial charge in [0.2, 0.25) is 8.32 Å². The van der Waals surface area contributed by atoms with Crippen LogP contribution < -0.4 is 0 Å². The van der Waals surface area contributed by atoms with Gasteiger partial charge in [0.15, 0.2) is 0 Å². The van der Waals surface area contributed by atoms with E-state index in [4.69, 9.17) is 18.0 Å². The van der Waals surface area contributed by atoms with Crippen molar-refractivity contribution in [1.29, 1.82) is 0 Å². The van der Waals surface area contributed by atoms with Crippen molar-refractivity contribution in [3.8, 4) is 0 Å². The molecule has 0 N–H and O–H groups in total. The van der Waals surface area contributed by atoms with Crippen molar-refractivity contribution < 1.29 is 22.6 Å². The lowest BCUT2D eigenvalue weighted by atomic mass is 10.3. The highest BCUT2D eigenvalue weighted by molar-refractivity contribution is 7.48. The minimum Gasteiger partial charge on any atom is -0.410 e. The summed E-state index contributed by atoms with van der Waals surface area (Å²) >= 11 is 0. The zero-order valence-corrected chi connectivity index (χ0v) is 19.0. The van der Waals surface area contributed by atoms with Gasteiger partial charge in [-0.15, -0.1) is 0 Å². The molecule has 0 aromatic heterocycles. The molecule has 0 bridgehead atoms. The van der Waals surface area contributed by atoms with Crippen LogP contribution in [-0.2, 0) is 22.6 Å². The van der Waals surface area contributed by atoms with E-state index in [1.165, 1.54) is 0 Å². The van der Waals surface area contributed by atoms with Gasteiger partial charge in [-0.1, -0.05) is 53.7 Å². The third-order valence-electron chi connectivity index (χ3n) is 4.91. The van der Waals surface area contributed by atoms with Gasteiger partial charge in [0.1, 0.15) is 0 Å². The second kappa shape index (κ2) is 9.82. The van der Waals surface area contributed by atoms with Crippen LogP contribution in [0.2, 0.25) is 16.6 Å². The lowest BCUT2D eigenvalue weighted by molar-refractivity contribution is 0.0881. The monoisotopic (exact) mass is 392 g/mol. The summed E-state index contributed by atoms with van der Waals surface area (Å²) in [7, 11) is -5.45. The van der Waals surface area contributed by atoms with Crippen molar-refractivity contribution in [2.45, 2.75) is 90.6 Å². The molecule has 0 saturated carbocycles. The van der Waals surface area contributed by atoms with Crippen molar-refractivity contribution in [3.05, 3.63) is 12.2 Å². The van der Waals surface area contributed by atoms with Gasteiger partial charge in [-0.05, 0) is 30.5 Å². The first-order valence-corrected chi connectivity index (χ1v) is 13.1. The number of phosphoric ester groups is 1. The summed E-state index contributed by atoms with van der Waals surface area (Å²) in [5.74, 6) is 0. The van der Waals surface area contributed by atoms with E-state index in [-0.39, 0.29) is 25.4 Å². The van der Waals surface area contributed by atoms with Gasteiger partial charge >= 0.3 is 7.82 Å². The Balaban J connectivity index is 2.80. The molecule has 0 unspecified atom stereocenters. The van der Waals surface area contributed by atoms with Gasteiger partial charge < -0.3 is 4.43 Å². The Kier molecular flexibility index (Phi) is 9.06. The van der Waals surface area contributed by atoms with Crippen LogP contribution in [0, 0.1) is 0 Å². The second-order valence-electron chi connectivity index (χ2n) is 7.52. The Bertz CT molecular complexity index is 446. The molecule has 0 aliphatic heterocycles. The zero-order valence-electron chi connectivity index (χ0n) is 17.2. The van der Waals surface area contributed by atoms with E-state index in [0.717, 1.165) is 0 Å². The predicted octanol–water partition coefficient (Wildman–Crippen LogP) is 6.07. The summed E-state index contributed by atoms with van der Waals surface area (Å²) in [5.41, 5.74) is 1.58. The normalized spacial score (nSPS) is 21.9. The molecule has 1 rings (SSSR count). The fourth-order valence-corrected chi connectivity index (χ4v) is 10.9. The van der Waals surface area contributed by atoms with Gasteiger partial charge in [0.05, 0.1) is 25.4 Å². The highest BCUT2D eigenvalue weighted by Crippen LogP contribution is 2.52. The highest BCUT2D eigenvalue weighted by atomic mass is 31.2. The maximum Gasteiger partial charge on any atom is 0.475 e. The molecule has 25 heavy (non-hydrogen) atoms. The third-order valence-corrected chi connectivity index (χ3v) is 12.7. The predicted molar refractivity (Wildman–Crippen MR) is 105 cm³/mol. The molecule has 0 heterocycles. The second-order valence-corrected chi connectivity index (χ2v) is 14.5. The third kappa shape index (κ3) is 5.75. The van der Waals surface area contributed by atoms with Crippen molar-refractivity contribution in [3.63, 3.8) is 0 Å². The maximum absolute atomic E-state index is 12.6. The smallest absolute Gasteiger partial charge is 0.410 e. The Hall–Kier alpha value is 0.0269. The summed E-state index contributed by atoms with van der Waals surface area (Å²) in [6.45, 7) is 17.8. The van der Waals surface area contributed by atoms with Crippen LogP contribution >= 0.6 is 7.82 Å². The average molecular weight is 393 g/mol. The van der Waals surface area contributed by atoms with Crippen molar-refractivity contribution in [2.75, 3.05) is 13.2 Å². The van der Waals surface area contributed by atoms with Crippen LogP contribution in [0.15, 0.2) is 12.2 Å². The van der Waals surface area contributed by atoms with E-state index in [1.807, 2.05) is 12.2 Å². The summed E-state index contributed by atoms with van der Waals surface area (Å²) < 4.78 is 35.4. The molecule has 1 aliphatic carbocycles. The molecule has 148 valence electrons. The number of hydrogen-bond donors (Lipinski definition) is 0. The Labute approximate surface area is 155 Å². The Morgan fingerprint density at radius 1 is 0.920 bits per heavy atom. The summed E-state index contributed by atoms with van der Waals surface area (Å²) in [6, 6.07) is 0. The van der Waals surface area contributed by atoms with E-state index in [2.05, 4.69) is 41.5 Å². The van der Waals surface area contributed by atoms with Crippen molar-refractivity contribution >= 4 is 16.1 Å². The van der Waals surface area contributed by atoms with Crippen molar-refractivity contribution in [2.24, 2.45) is 0 Å². The largest absolute Gasteiger partial charge is 0.475 e. The van der Waals surface area contributed by atoms with Crippen LogP contribution in [-0.4, -0.2) is 33.7 Å². The molecule has 7 heteroatoms. The van der Waals surface area contributed by atoms with E-state index in [0.29, 0.717) is 23.0 Å². The summed E-state index contributed by atoms with van der Waals surface area (Å²) in [4.78, 5) is 0. The fraction of sp³-hybridized carbons (Fsp3) is 0.889. The number of hydrogen-bond acceptors (Lipinski definition) is 5. The zero-order chi connectivity index (χ0) is 19.3. The van der Waals surface area contributed by atoms with Crippen LogP contribution in [0.1, 0.15) is 61.8 Å². The topological polar surface area (TPSA) is 54.0 Å². The van der Waals surface area contributed by atoms with Gasteiger partial charge in [-0.25, -0.2) is 4.57 Å². The minimum absolute atomic E-state index is 0.000528. The minimum atomic E-state index is -3.50. The molecular weight excluding hydrogens is 355 g/mol. The van der Waals surface area contributed by atoms with Gasteiger partial charge in [0.25, 0.3) is 0 Å². The quantitative estimate of drug-likeness (QED) is 0.242. The van der Waals surface area contributed by atoms with Crippen LogP contribution in [0.3, 0.4) is 0 Å². The molecule has 5 nitrogen and oxygen atoms in total. The molecule has 0 fully saturated rings. The van der Waals surface area contributed by atoms with E-state index in [1.54, 1.807) is 13.8 Å². The molecule has 0 aromatic carbocycles. The van der Waals surface area contributed by atoms with E-state index < -0.39 is 16.1 Å². The van der Waals surface area contributed by atoms with Gasteiger partial charge in [-0.3, -0.25) is 13.6 Å². The Morgan fingerprint density at radius 2 is 1.36 bits per heavy atom. The molecule has 1 aliphatic rings. The Morgan fingerprint density at radius 3 is 1.76 bits per heavy atom. The molecule has 0 saturated heterocycles.